The molecule has 0 unspecified atom stereocenters. The quantitative estimate of drug-likeness (QED) is 0.876. The Kier molecular flexibility index (Phi) is 4.66. The van der Waals surface area contributed by atoms with E-state index >= 15 is 0 Å². The molecule has 2 rings (SSSR count). The summed E-state index contributed by atoms with van der Waals surface area (Å²) >= 11 is 5.37. The number of hydrogen-bond acceptors (Lipinski definition) is 3. The Hall–Kier alpha value is -2.14. The van der Waals surface area contributed by atoms with E-state index in [2.05, 4.69) is 6.58 Å². The normalized spacial score (nSPS) is 11.9. The molecule has 1 heterocycles. The number of phenols is 1. The van der Waals surface area contributed by atoms with Gasteiger partial charge in [0.1, 0.15) is 5.75 Å². The van der Waals surface area contributed by atoms with E-state index < -0.39 is 0 Å². The van der Waals surface area contributed by atoms with Crippen molar-refractivity contribution in [2.45, 2.75) is 33.9 Å². The lowest BCUT2D eigenvalue weighted by Crippen LogP contribution is -2.50. The summed E-state index contributed by atoms with van der Waals surface area (Å²) in [6.45, 7) is 10.9. The first-order valence-electron chi connectivity index (χ1n) is 7.24. The van der Waals surface area contributed by atoms with Crippen LogP contribution in [0.3, 0.4) is 0 Å². The molecule has 0 radical (unpaired) electrons. The summed E-state index contributed by atoms with van der Waals surface area (Å²) in [7, 11) is 0. The van der Waals surface area contributed by atoms with Crippen LogP contribution in [0.4, 0.5) is 0 Å². The van der Waals surface area contributed by atoms with E-state index in [-0.39, 0.29) is 11.3 Å². The molecule has 0 saturated heterocycles. The van der Waals surface area contributed by atoms with Crippen molar-refractivity contribution < 1.29 is 5.11 Å². The van der Waals surface area contributed by atoms with Gasteiger partial charge in [-0.2, -0.15) is 0 Å². The predicted octanol–water partition coefficient (Wildman–Crippen LogP) is 1.67. The van der Waals surface area contributed by atoms with Gasteiger partial charge in [-0.1, -0.05) is 12.6 Å². The van der Waals surface area contributed by atoms with Crippen molar-refractivity contribution in [3.05, 3.63) is 55.0 Å². The minimum atomic E-state index is -0.132. The SMILES string of the molecule is C=c1/c(=C\c2ccc(O)c(C)c2)c(=O)n(CC)c(=S)n1CC. The average molecular weight is 316 g/mol. The smallest absolute Gasteiger partial charge is 0.262 e. The number of benzene rings is 1. The number of hydrogen-bond donors (Lipinski definition) is 1. The van der Waals surface area contributed by atoms with E-state index in [1.54, 1.807) is 22.8 Å². The lowest BCUT2D eigenvalue weighted by Gasteiger charge is -2.10. The van der Waals surface area contributed by atoms with Crippen molar-refractivity contribution in [1.29, 1.82) is 0 Å². The van der Waals surface area contributed by atoms with Crippen molar-refractivity contribution >= 4 is 24.9 Å². The van der Waals surface area contributed by atoms with E-state index in [1.807, 2.05) is 31.4 Å². The first kappa shape index (κ1) is 16.2. The Morgan fingerprint density at radius 3 is 2.45 bits per heavy atom. The third-order valence-corrected chi connectivity index (χ3v) is 4.18. The Bertz CT molecular complexity index is 894. The van der Waals surface area contributed by atoms with Crippen LogP contribution < -0.4 is 16.1 Å². The molecule has 116 valence electrons. The fourth-order valence-corrected chi connectivity index (χ4v) is 2.90. The van der Waals surface area contributed by atoms with E-state index in [0.717, 1.165) is 11.1 Å². The molecule has 0 spiro atoms. The number of rotatable bonds is 3. The largest absolute Gasteiger partial charge is 0.508 e. The highest BCUT2D eigenvalue weighted by Gasteiger charge is 2.05. The maximum absolute atomic E-state index is 12.6. The Morgan fingerprint density at radius 1 is 1.27 bits per heavy atom. The summed E-state index contributed by atoms with van der Waals surface area (Å²) in [4.78, 5) is 12.6. The topological polar surface area (TPSA) is 47.2 Å². The molecule has 4 nitrogen and oxygen atoms in total. The van der Waals surface area contributed by atoms with Crippen molar-refractivity contribution in [2.24, 2.45) is 0 Å². The monoisotopic (exact) mass is 316 g/mol. The van der Waals surface area contributed by atoms with Crippen molar-refractivity contribution in [1.82, 2.24) is 9.13 Å². The molecule has 1 aromatic heterocycles. The molecule has 5 heteroatoms. The maximum Gasteiger partial charge on any atom is 0.262 e. The van der Waals surface area contributed by atoms with Gasteiger partial charge in [0, 0.05) is 18.4 Å². The Labute approximate surface area is 134 Å². The minimum absolute atomic E-state index is 0.132. The standard InChI is InChI=1S/C17H20N2O2S/c1-5-18-12(4)14(16(21)19(6-2)17(18)22)10-13-7-8-15(20)11(3)9-13/h7-10,20H,4-6H2,1-3H3/b14-10+. The minimum Gasteiger partial charge on any atom is -0.508 e. The highest BCUT2D eigenvalue weighted by molar-refractivity contribution is 7.71. The molecule has 0 amide bonds. The van der Waals surface area contributed by atoms with Crippen LogP contribution in [0.5, 0.6) is 5.75 Å². The molecular formula is C17H20N2O2S. The van der Waals surface area contributed by atoms with Crippen molar-refractivity contribution in [2.75, 3.05) is 0 Å². The summed E-state index contributed by atoms with van der Waals surface area (Å²) < 4.78 is 3.94. The van der Waals surface area contributed by atoms with Crippen molar-refractivity contribution in [3.63, 3.8) is 0 Å². The number of aryl methyl sites for hydroxylation is 1. The zero-order valence-corrected chi connectivity index (χ0v) is 13.9. The molecule has 0 aliphatic heterocycles. The lowest BCUT2D eigenvalue weighted by atomic mass is 10.1. The van der Waals surface area contributed by atoms with E-state index in [0.29, 0.717) is 28.4 Å². The third kappa shape index (κ3) is 2.76. The van der Waals surface area contributed by atoms with Crippen molar-refractivity contribution in [3.8, 4) is 5.75 Å². The second-order valence-corrected chi connectivity index (χ2v) is 5.49. The molecule has 0 aliphatic carbocycles. The van der Waals surface area contributed by atoms with Crippen LogP contribution in [0.1, 0.15) is 25.0 Å². The fourth-order valence-electron chi connectivity index (χ4n) is 2.45. The summed E-state index contributed by atoms with van der Waals surface area (Å²) in [5.41, 5.74) is 1.48. The molecule has 22 heavy (non-hydrogen) atoms. The number of nitrogens with zero attached hydrogens (tertiary/aromatic N) is 2. The van der Waals surface area contributed by atoms with E-state index in [1.165, 1.54) is 0 Å². The molecule has 2 aromatic rings. The maximum atomic E-state index is 12.6. The first-order chi connectivity index (χ1) is 10.4. The van der Waals surface area contributed by atoms with Gasteiger partial charge in [-0.25, -0.2) is 0 Å². The highest BCUT2D eigenvalue weighted by Crippen LogP contribution is 2.16. The molecule has 1 aromatic carbocycles. The van der Waals surface area contributed by atoms with E-state index in [9.17, 15) is 9.90 Å². The summed E-state index contributed by atoms with van der Waals surface area (Å²) in [6, 6.07) is 5.23. The van der Waals surface area contributed by atoms with Crippen LogP contribution in [0.25, 0.3) is 12.7 Å². The summed E-state index contributed by atoms with van der Waals surface area (Å²) in [5, 5.41) is 10.8. The van der Waals surface area contributed by atoms with Gasteiger partial charge in [0.2, 0.25) is 0 Å². The van der Waals surface area contributed by atoms with Crippen LogP contribution in [0.15, 0.2) is 23.0 Å². The van der Waals surface area contributed by atoms with Crippen LogP contribution in [-0.4, -0.2) is 14.2 Å². The molecule has 0 saturated carbocycles. The van der Waals surface area contributed by atoms with Gasteiger partial charge in [0.25, 0.3) is 5.56 Å². The van der Waals surface area contributed by atoms with Gasteiger partial charge in [0.15, 0.2) is 4.77 Å². The van der Waals surface area contributed by atoms with Gasteiger partial charge >= 0.3 is 0 Å². The molecule has 1 N–H and O–H groups in total. The summed E-state index contributed by atoms with van der Waals surface area (Å²) in [5.74, 6) is 0.238. The third-order valence-electron chi connectivity index (χ3n) is 3.74. The second-order valence-electron chi connectivity index (χ2n) is 5.13. The zero-order valence-electron chi connectivity index (χ0n) is 13.1. The van der Waals surface area contributed by atoms with Gasteiger partial charge in [-0.3, -0.25) is 9.36 Å². The molecule has 0 fully saturated rings. The Morgan fingerprint density at radius 2 is 1.91 bits per heavy atom. The predicted molar refractivity (Wildman–Crippen MR) is 92.1 cm³/mol. The molecule has 0 atom stereocenters. The van der Waals surface area contributed by atoms with Crippen LogP contribution in [0, 0.1) is 11.7 Å². The van der Waals surface area contributed by atoms with Crippen LogP contribution in [0.2, 0.25) is 0 Å². The number of phenolic OH excluding ortho intramolecular Hbond substituents is 1. The molecule has 0 aliphatic rings. The molecular weight excluding hydrogens is 296 g/mol. The van der Waals surface area contributed by atoms with Gasteiger partial charge in [0.05, 0.1) is 5.22 Å². The highest BCUT2D eigenvalue weighted by atomic mass is 32.1. The average Bonchev–Trinajstić information content (AvgIpc) is 2.48. The van der Waals surface area contributed by atoms with Crippen LogP contribution >= 0.6 is 12.2 Å². The van der Waals surface area contributed by atoms with Crippen LogP contribution in [-0.2, 0) is 13.1 Å². The molecule has 0 bridgehead atoms. The first-order valence-corrected chi connectivity index (χ1v) is 7.65. The van der Waals surface area contributed by atoms with Gasteiger partial charge in [-0.05, 0) is 62.3 Å². The Balaban J connectivity index is 2.88. The lowest BCUT2D eigenvalue weighted by molar-refractivity contribution is 0.471. The summed E-state index contributed by atoms with van der Waals surface area (Å²) in [6.07, 6.45) is 1.80. The second kappa shape index (κ2) is 6.32. The van der Waals surface area contributed by atoms with E-state index in [4.69, 9.17) is 12.2 Å². The van der Waals surface area contributed by atoms with Gasteiger partial charge < -0.3 is 9.67 Å². The number of aromatic nitrogens is 2. The van der Waals surface area contributed by atoms with Gasteiger partial charge in [-0.15, -0.1) is 0 Å². The number of aromatic hydroxyl groups is 1. The fraction of sp³-hybridized carbons (Fsp3) is 0.294. The zero-order chi connectivity index (χ0) is 16.4.